The minimum absolute atomic E-state index is 0.105. The van der Waals surface area contributed by atoms with Crippen molar-refractivity contribution in [2.24, 2.45) is 0 Å². The Labute approximate surface area is 154 Å². The molecule has 2 rings (SSSR count). The molecule has 0 bridgehead atoms. The topological polar surface area (TPSA) is 56.8 Å². The Hall–Kier alpha value is -1.76. The first-order valence-electron chi connectivity index (χ1n) is 7.18. The number of amides is 1. The summed E-state index contributed by atoms with van der Waals surface area (Å²) in [7, 11) is 1.62. The number of carbonyl (C=O) groups excluding carboxylic acids is 1. The highest BCUT2D eigenvalue weighted by atomic mass is 79.9. The van der Waals surface area contributed by atoms with Crippen molar-refractivity contribution in [1.82, 2.24) is 0 Å². The molecule has 0 saturated heterocycles. The summed E-state index contributed by atoms with van der Waals surface area (Å²) in [5.41, 5.74) is 0.665. The van der Waals surface area contributed by atoms with E-state index in [0.29, 0.717) is 39.9 Å². The Morgan fingerprint density at radius 2 is 1.88 bits per heavy atom. The first kappa shape index (κ1) is 18.6. The molecule has 0 aliphatic carbocycles. The molecule has 1 amide bonds. The van der Waals surface area contributed by atoms with Crippen LogP contribution in [0, 0.1) is 0 Å². The molecule has 0 unspecified atom stereocenters. The zero-order chi connectivity index (χ0) is 17.4. The molecule has 2 aromatic carbocycles. The van der Waals surface area contributed by atoms with Crippen LogP contribution in [-0.4, -0.2) is 32.8 Å². The average Bonchev–Trinajstić information content (AvgIpc) is 2.56. The fraction of sp³-hybridized carbons (Fsp3) is 0.235. The second-order valence-electron chi connectivity index (χ2n) is 4.78. The first-order valence-corrected chi connectivity index (χ1v) is 8.35. The zero-order valence-corrected chi connectivity index (χ0v) is 15.4. The van der Waals surface area contributed by atoms with Gasteiger partial charge in [0.1, 0.15) is 18.1 Å². The maximum Gasteiger partial charge on any atom is 0.262 e. The summed E-state index contributed by atoms with van der Waals surface area (Å²) < 4.78 is 16.5. The Bertz CT molecular complexity index is 679. The molecule has 0 aromatic heterocycles. The maximum atomic E-state index is 11.9. The number of anilines is 1. The van der Waals surface area contributed by atoms with E-state index in [1.807, 2.05) is 0 Å². The lowest BCUT2D eigenvalue weighted by molar-refractivity contribution is -0.118. The van der Waals surface area contributed by atoms with Crippen LogP contribution >= 0.6 is 27.5 Å². The minimum atomic E-state index is -0.259. The summed E-state index contributed by atoms with van der Waals surface area (Å²) in [6.45, 7) is 0.897. The second-order valence-corrected chi connectivity index (χ2v) is 6.07. The number of methoxy groups -OCH3 is 1. The fourth-order valence-electron chi connectivity index (χ4n) is 1.81. The quantitative estimate of drug-likeness (QED) is 0.660. The summed E-state index contributed by atoms with van der Waals surface area (Å²) in [5.74, 6) is 1.01. The monoisotopic (exact) mass is 413 g/mol. The molecule has 0 saturated carbocycles. The molecule has 0 aliphatic heterocycles. The van der Waals surface area contributed by atoms with Crippen LogP contribution in [0.2, 0.25) is 5.02 Å². The van der Waals surface area contributed by atoms with E-state index in [-0.39, 0.29) is 12.5 Å². The highest BCUT2D eigenvalue weighted by molar-refractivity contribution is 9.10. The van der Waals surface area contributed by atoms with E-state index in [1.54, 1.807) is 49.6 Å². The van der Waals surface area contributed by atoms with E-state index in [2.05, 4.69) is 21.2 Å². The summed E-state index contributed by atoms with van der Waals surface area (Å²) in [4.78, 5) is 11.9. The number of carbonyl (C=O) groups is 1. The largest absolute Gasteiger partial charge is 0.491 e. The van der Waals surface area contributed by atoms with Crippen molar-refractivity contribution in [2.75, 3.05) is 32.2 Å². The molecule has 0 heterocycles. The molecule has 7 heteroatoms. The third-order valence-corrected chi connectivity index (χ3v) is 3.80. The van der Waals surface area contributed by atoms with Gasteiger partial charge in [0.25, 0.3) is 5.91 Å². The van der Waals surface area contributed by atoms with Crippen molar-refractivity contribution in [2.45, 2.75) is 0 Å². The molecule has 24 heavy (non-hydrogen) atoms. The molecule has 0 atom stereocenters. The summed E-state index contributed by atoms with van der Waals surface area (Å²) in [6.07, 6.45) is 0. The van der Waals surface area contributed by atoms with Crippen molar-refractivity contribution in [3.8, 4) is 11.5 Å². The third kappa shape index (κ3) is 6.03. The van der Waals surface area contributed by atoms with Crippen molar-refractivity contribution < 1.29 is 19.0 Å². The summed E-state index contributed by atoms with van der Waals surface area (Å²) in [5, 5.41) is 3.34. The van der Waals surface area contributed by atoms with Gasteiger partial charge in [0.2, 0.25) is 0 Å². The van der Waals surface area contributed by atoms with Gasteiger partial charge in [-0.25, -0.2) is 0 Å². The van der Waals surface area contributed by atoms with Crippen molar-refractivity contribution in [3.05, 3.63) is 52.0 Å². The molecular formula is C17H17BrClNO4. The fourth-order valence-corrected chi connectivity index (χ4v) is 2.61. The average molecular weight is 415 g/mol. The zero-order valence-electron chi connectivity index (χ0n) is 13.1. The predicted octanol–water partition coefficient (Wildman–Crippen LogP) is 4.15. The molecule has 2 aromatic rings. The predicted molar refractivity (Wildman–Crippen MR) is 97.1 cm³/mol. The lowest BCUT2D eigenvalue weighted by Crippen LogP contribution is -2.20. The normalized spacial score (nSPS) is 10.3. The first-order chi connectivity index (χ1) is 11.6. The Kier molecular flexibility index (Phi) is 7.36. The van der Waals surface area contributed by atoms with Crippen LogP contribution in [0.25, 0.3) is 0 Å². The van der Waals surface area contributed by atoms with Gasteiger partial charge in [0, 0.05) is 17.8 Å². The SMILES string of the molecule is COCCOc1ccc(NC(=O)COc2ccc(Cl)cc2Br)cc1. The number of hydrogen-bond donors (Lipinski definition) is 1. The van der Waals surface area contributed by atoms with Gasteiger partial charge >= 0.3 is 0 Å². The molecule has 128 valence electrons. The Balaban J connectivity index is 1.81. The van der Waals surface area contributed by atoms with E-state index >= 15 is 0 Å². The summed E-state index contributed by atoms with van der Waals surface area (Å²) >= 11 is 9.19. The highest BCUT2D eigenvalue weighted by Crippen LogP contribution is 2.27. The van der Waals surface area contributed by atoms with Crippen molar-refractivity contribution in [1.29, 1.82) is 0 Å². The van der Waals surface area contributed by atoms with E-state index in [9.17, 15) is 4.79 Å². The summed E-state index contributed by atoms with van der Waals surface area (Å²) in [6, 6.07) is 12.2. The number of benzene rings is 2. The van der Waals surface area contributed by atoms with Crippen molar-refractivity contribution in [3.63, 3.8) is 0 Å². The standard InChI is InChI=1S/C17H17BrClNO4/c1-22-8-9-23-14-5-3-13(4-6-14)20-17(21)11-24-16-7-2-12(19)10-15(16)18/h2-7,10H,8-9,11H2,1H3,(H,20,21). The molecule has 0 aliphatic rings. The van der Waals surface area contributed by atoms with Crippen LogP contribution in [0.1, 0.15) is 0 Å². The lowest BCUT2D eigenvalue weighted by Gasteiger charge is -2.10. The van der Waals surface area contributed by atoms with Crippen LogP contribution in [0.5, 0.6) is 11.5 Å². The van der Waals surface area contributed by atoms with Gasteiger partial charge in [-0.15, -0.1) is 0 Å². The number of hydrogen-bond acceptors (Lipinski definition) is 4. The molecule has 0 radical (unpaired) electrons. The van der Waals surface area contributed by atoms with Gasteiger partial charge in [-0.1, -0.05) is 11.6 Å². The molecule has 1 N–H and O–H groups in total. The van der Waals surface area contributed by atoms with Gasteiger partial charge in [-0.2, -0.15) is 0 Å². The van der Waals surface area contributed by atoms with Gasteiger partial charge < -0.3 is 19.5 Å². The third-order valence-electron chi connectivity index (χ3n) is 2.95. The number of nitrogens with one attached hydrogen (secondary N) is 1. The van der Waals surface area contributed by atoms with E-state index < -0.39 is 0 Å². The highest BCUT2D eigenvalue weighted by Gasteiger charge is 2.07. The number of ether oxygens (including phenoxy) is 3. The lowest BCUT2D eigenvalue weighted by atomic mass is 10.3. The molecule has 5 nitrogen and oxygen atoms in total. The number of rotatable bonds is 8. The maximum absolute atomic E-state index is 11.9. The van der Waals surface area contributed by atoms with Gasteiger partial charge in [-0.3, -0.25) is 4.79 Å². The number of halogens is 2. The Morgan fingerprint density at radius 3 is 2.54 bits per heavy atom. The van der Waals surface area contributed by atoms with Gasteiger partial charge in [0.15, 0.2) is 6.61 Å². The molecule has 0 fully saturated rings. The van der Waals surface area contributed by atoms with E-state index in [4.69, 9.17) is 25.8 Å². The minimum Gasteiger partial charge on any atom is -0.491 e. The Morgan fingerprint density at radius 1 is 1.12 bits per heavy atom. The van der Waals surface area contributed by atoms with E-state index in [0.717, 1.165) is 0 Å². The molecule has 0 spiro atoms. The van der Waals surface area contributed by atoms with Gasteiger partial charge in [-0.05, 0) is 58.4 Å². The van der Waals surface area contributed by atoms with Gasteiger partial charge in [0.05, 0.1) is 11.1 Å². The second kappa shape index (κ2) is 9.52. The van der Waals surface area contributed by atoms with Crippen molar-refractivity contribution >= 4 is 39.1 Å². The molecular weight excluding hydrogens is 398 g/mol. The van der Waals surface area contributed by atoms with Crippen LogP contribution < -0.4 is 14.8 Å². The van der Waals surface area contributed by atoms with E-state index in [1.165, 1.54) is 0 Å². The smallest absolute Gasteiger partial charge is 0.262 e. The van der Waals surface area contributed by atoms with Crippen LogP contribution in [0.4, 0.5) is 5.69 Å². The van der Waals surface area contributed by atoms with Crippen LogP contribution in [-0.2, 0) is 9.53 Å². The van der Waals surface area contributed by atoms with Crippen LogP contribution in [0.3, 0.4) is 0 Å². The van der Waals surface area contributed by atoms with Crippen LogP contribution in [0.15, 0.2) is 46.9 Å².